The predicted octanol–water partition coefficient (Wildman–Crippen LogP) is 3.74. The number of carbonyl (C=O) groups is 1. The summed E-state index contributed by atoms with van der Waals surface area (Å²) >= 11 is 0. The maximum absolute atomic E-state index is 13.4. The Balaban J connectivity index is 1.29. The zero-order valence-corrected chi connectivity index (χ0v) is 23.3. The van der Waals surface area contributed by atoms with E-state index in [-0.39, 0.29) is 22.6 Å². The molecule has 1 N–H and O–H groups in total. The highest BCUT2D eigenvalue weighted by molar-refractivity contribution is 5.94. The van der Waals surface area contributed by atoms with Crippen molar-refractivity contribution < 1.29 is 19.6 Å². The third kappa shape index (κ3) is 3.33. The fourth-order valence-electron chi connectivity index (χ4n) is 8.41. The van der Waals surface area contributed by atoms with Crippen LogP contribution in [0.3, 0.4) is 0 Å². The molecule has 7 rings (SSSR count). The molecule has 3 aliphatic carbocycles. The van der Waals surface area contributed by atoms with Crippen molar-refractivity contribution in [1.82, 2.24) is 9.80 Å². The van der Waals surface area contributed by atoms with E-state index in [1.165, 1.54) is 18.4 Å². The summed E-state index contributed by atoms with van der Waals surface area (Å²) in [6.45, 7) is 5.71. The molecule has 2 heterocycles. The van der Waals surface area contributed by atoms with Crippen LogP contribution < -0.4 is 4.74 Å². The average Bonchev–Trinajstić information content (AvgIpc) is 3.68. The molecule has 208 valence electrons. The first-order chi connectivity index (χ1) is 19.2. The number of aromatic hydroxyl groups is 1. The number of rotatable bonds is 4. The van der Waals surface area contributed by atoms with E-state index < -0.39 is 23.1 Å². The number of hydrogen-bond donors (Lipinski definition) is 1. The quantitative estimate of drug-likeness (QED) is 0.360. The van der Waals surface area contributed by atoms with Crippen LogP contribution in [-0.2, 0) is 16.6 Å². The lowest BCUT2D eigenvalue weighted by molar-refractivity contribution is -0.606. The first-order valence-corrected chi connectivity index (χ1v) is 14.4. The number of piperidine rings is 1. The molecule has 0 unspecified atom stereocenters. The molecular weight excluding hydrogens is 506 g/mol. The van der Waals surface area contributed by atoms with Crippen LogP contribution in [-0.4, -0.2) is 69.6 Å². The summed E-state index contributed by atoms with van der Waals surface area (Å²) in [5.74, 6) is 6.49. The smallest absolute Gasteiger partial charge is 0.298 e. The van der Waals surface area contributed by atoms with Gasteiger partial charge in [-0.2, -0.15) is 0 Å². The Morgan fingerprint density at radius 3 is 2.73 bits per heavy atom. The fraction of sp³-hybridized carbons (Fsp3) is 0.531. The van der Waals surface area contributed by atoms with Gasteiger partial charge < -0.3 is 14.7 Å². The molecule has 5 atom stereocenters. The van der Waals surface area contributed by atoms with Crippen LogP contribution in [0, 0.1) is 41.7 Å². The monoisotopic (exact) mass is 541 g/mol. The number of likely N-dealkylation sites (N-methyl/N-ethyl adjacent to an activating group) is 1. The molecule has 0 aromatic heterocycles. The molecule has 40 heavy (non-hydrogen) atoms. The second-order valence-electron chi connectivity index (χ2n) is 12.6. The van der Waals surface area contributed by atoms with Crippen LogP contribution in [0.15, 0.2) is 30.3 Å². The molecule has 2 aliphatic heterocycles. The molecule has 8 nitrogen and oxygen atoms in total. The number of likely N-dealkylation sites (tertiary alicyclic amines) is 1. The normalized spacial score (nSPS) is 31.4. The SMILES string of the molecule is Cc1ccc(C#CC(=O)N(C)[C@H]2CC[C@@]3([N+](=O)[O-])[C@H]4Cc5ccc(O)c6c5[C@@]3(CCN4CC3CC3)[C@H]2O6)cc1C. The van der Waals surface area contributed by atoms with Crippen molar-refractivity contribution in [2.45, 2.75) is 81.5 Å². The van der Waals surface area contributed by atoms with E-state index in [4.69, 9.17) is 4.74 Å². The summed E-state index contributed by atoms with van der Waals surface area (Å²) in [5.41, 5.74) is 2.74. The average molecular weight is 542 g/mol. The van der Waals surface area contributed by atoms with Gasteiger partial charge in [0.05, 0.1) is 12.1 Å². The molecule has 5 aliphatic rings. The topological polar surface area (TPSA) is 96.2 Å². The van der Waals surface area contributed by atoms with Gasteiger partial charge in [-0.3, -0.25) is 19.8 Å². The standard InChI is InChI=1S/C32H35N3O5/c1-19-4-5-21(16-20(19)2)8-11-27(37)33(3)24-12-13-32(35(38)39)26-17-23-9-10-25(36)29-28(23)31(32,30(24)40-29)14-15-34(26)18-22-6-7-22/h4-5,9-10,16,22,24,26,30,36H,6-7,12-15,17-18H2,1-3H3/t24-,26+,30-,31-,32+/m0/s1. The second kappa shape index (κ2) is 8.71. The van der Waals surface area contributed by atoms with Gasteiger partial charge in [0, 0.05) is 42.0 Å². The number of benzene rings is 2. The van der Waals surface area contributed by atoms with Crippen molar-refractivity contribution in [1.29, 1.82) is 0 Å². The van der Waals surface area contributed by atoms with Gasteiger partial charge in [0.2, 0.25) is 0 Å². The molecule has 2 bridgehead atoms. The van der Waals surface area contributed by atoms with Gasteiger partial charge >= 0.3 is 0 Å². The van der Waals surface area contributed by atoms with Crippen LogP contribution in [0.2, 0.25) is 0 Å². The van der Waals surface area contributed by atoms with E-state index >= 15 is 0 Å². The third-order valence-corrected chi connectivity index (χ3v) is 10.7. The first kappa shape index (κ1) is 25.4. The minimum Gasteiger partial charge on any atom is -0.504 e. The Bertz CT molecular complexity index is 1510. The fourth-order valence-corrected chi connectivity index (χ4v) is 8.41. The van der Waals surface area contributed by atoms with E-state index in [9.17, 15) is 20.0 Å². The maximum Gasteiger partial charge on any atom is 0.298 e. The number of carbonyl (C=O) groups excluding carboxylic acids is 1. The molecule has 2 aromatic rings. The van der Waals surface area contributed by atoms with Gasteiger partial charge in [0.1, 0.15) is 11.5 Å². The van der Waals surface area contributed by atoms with Crippen LogP contribution >= 0.6 is 0 Å². The molecule has 2 aromatic carbocycles. The van der Waals surface area contributed by atoms with Gasteiger partial charge in [-0.05, 0) is 93.3 Å². The Morgan fingerprint density at radius 2 is 2.00 bits per heavy atom. The number of aryl methyl sites for hydroxylation is 2. The van der Waals surface area contributed by atoms with Crippen molar-refractivity contribution in [3.63, 3.8) is 0 Å². The molecule has 2 saturated carbocycles. The van der Waals surface area contributed by atoms with E-state index in [2.05, 4.69) is 16.7 Å². The number of amides is 1. The minimum absolute atomic E-state index is 0.0147. The van der Waals surface area contributed by atoms with Crippen LogP contribution in [0.25, 0.3) is 0 Å². The third-order valence-electron chi connectivity index (χ3n) is 10.7. The van der Waals surface area contributed by atoms with Crippen LogP contribution in [0.5, 0.6) is 11.5 Å². The Labute approximate surface area is 234 Å². The van der Waals surface area contributed by atoms with Gasteiger partial charge in [-0.15, -0.1) is 0 Å². The van der Waals surface area contributed by atoms with Crippen molar-refractivity contribution in [2.75, 3.05) is 20.1 Å². The van der Waals surface area contributed by atoms with Gasteiger partial charge in [0.25, 0.3) is 11.4 Å². The Morgan fingerprint density at radius 1 is 1.20 bits per heavy atom. The summed E-state index contributed by atoms with van der Waals surface area (Å²) in [6.07, 6.45) is 3.70. The largest absolute Gasteiger partial charge is 0.504 e. The molecule has 1 saturated heterocycles. The summed E-state index contributed by atoms with van der Waals surface area (Å²) in [7, 11) is 1.73. The minimum atomic E-state index is -1.23. The maximum atomic E-state index is 13.4. The number of phenols is 1. The first-order valence-electron chi connectivity index (χ1n) is 14.4. The highest BCUT2D eigenvalue weighted by Crippen LogP contribution is 2.67. The summed E-state index contributed by atoms with van der Waals surface area (Å²) < 4.78 is 6.57. The summed E-state index contributed by atoms with van der Waals surface area (Å²) in [6, 6.07) is 8.81. The van der Waals surface area contributed by atoms with E-state index in [1.807, 2.05) is 38.1 Å². The van der Waals surface area contributed by atoms with Gasteiger partial charge in [0.15, 0.2) is 11.5 Å². The highest BCUT2D eigenvalue weighted by atomic mass is 16.6. The van der Waals surface area contributed by atoms with Gasteiger partial charge in [-0.1, -0.05) is 18.1 Å². The molecule has 1 spiro atoms. The lowest BCUT2D eigenvalue weighted by atomic mass is 9.46. The zero-order valence-electron chi connectivity index (χ0n) is 23.3. The number of nitro groups is 1. The zero-order chi connectivity index (χ0) is 28.0. The molecule has 8 heteroatoms. The van der Waals surface area contributed by atoms with Crippen molar-refractivity contribution in [3.8, 4) is 23.3 Å². The predicted molar refractivity (Wildman–Crippen MR) is 149 cm³/mol. The molecule has 1 amide bonds. The second-order valence-corrected chi connectivity index (χ2v) is 12.6. The molecular formula is C32H35N3O5. The number of phenolic OH excluding ortho intramolecular Hbond substituents is 1. The number of hydrogen-bond acceptors (Lipinski definition) is 6. The highest BCUT2D eigenvalue weighted by Gasteiger charge is 2.80. The van der Waals surface area contributed by atoms with Gasteiger partial charge in [-0.25, -0.2) is 0 Å². The van der Waals surface area contributed by atoms with E-state index in [0.29, 0.717) is 37.4 Å². The lowest BCUT2D eigenvalue weighted by Gasteiger charge is -2.61. The molecule has 3 fully saturated rings. The Kier molecular flexibility index (Phi) is 5.53. The molecule has 0 radical (unpaired) electrons. The van der Waals surface area contributed by atoms with Crippen molar-refractivity contribution in [2.24, 2.45) is 5.92 Å². The summed E-state index contributed by atoms with van der Waals surface area (Å²) in [4.78, 5) is 30.7. The Hall–Kier alpha value is -3.57. The van der Waals surface area contributed by atoms with Crippen molar-refractivity contribution in [3.05, 3.63) is 68.3 Å². The van der Waals surface area contributed by atoms with Crippen LogP contribution in [0.4, 0.5) is 0 Å². The lowest BCUT2D eigenvalue weighted by Crippen LogP contribution is -2.80. The van der Waals surface area contributed by atoms with Crippen LogP contribution in [0.1, 0.15) is 59.9 Å². The number of ether oxygens (including phenoxy) is 1. The van der Waals surface area contributed by atoms with E-state index in [0.717, 1.165) is 35.3 Å². The summed E-state index contributed by atoms with van der Waals surface area (Å²) in [5, 5.41) is 24.2. The van der Waals surface area contributed by atoms with Crippen molar-refractivity contribution >= 4 is 5.91 Å². The number of nitrogens with zero attached hydrogens (tertiary/aromatic N) is 3. The van der Waals surface area contributed by atoms with E-state index in [1.54, 1.807) is 18.0 Å².